The van der Waals surface area contributed by atoms with Crippen molar-refractivity contribution in [2.45, 2.75) is 25.4 Å². The Morgan fingerprint density at radius 1 is 1.53 bits per heavy atom. The van der Waals surface area contributed by atoms with E-state index in [-0.39, 0.29) is 11.7 Å². The molecule has 2 aliphatic heterocycles. The van der Waals surface area contributed by atoms with Gasteiger partial charge in [0, 0.05) is 32.5 Å². The summed E-state index contributed by atoms with van der Waals surface area (Å²) in [7, 11) is 3.96. The topological polar surface area (TPSA) is 32.8 Å². The summed E-state index contributed by atoms with van der Waals surface area (Å²) in [4.78, 5) is 15.5. The average molecular weight is 212 g/mol. The summed E-state index contributed by atoms with van der Waals surface area (Å²) in [5, 5.41) is 0. The van der Waals surface area contributed by atoms with E-state index in [2.05, 4.69) is 18.9 Å². The fraction of sp³-hybridized carbons (Fsp3) is 0.909. The van der Waals surface area contributed by atoms with E-state index in [1.165, 1.54) is 0 Å². The lowest BCUT2D eigenvalue weighted by molar-refractivity contribution is -0.0443. The first-order valence-corrected chi connectivity index (χ1v) is 5.70. The smallest absolute Gasteiger partial charge is 0.410 e. The van der Waals surface area contributed by atoms with Gasteiger partial charge in [-0.15, -0.1) is 0 Å². The van der Waals surface area contributed by atoms with Crippen LogP contribution in [-0.2, 0) is 4.74 Å². The van der Waals surface area contributed by atoms with Crippen LogP contribution >= 0.6 is 0 Å². The van der Waals surface area contributed by atoms with E-state index in [0.717, 1.165) is 32.5 Å². The Bertz CT molecular complexity index is 269. The van der Waals surface area contributed by atoms with Gasteiger partial charge in [-0.3, -0.25) is 0 Å². The molecule has 86 valence electrons. The quantitative estimate of drug-likeness (QED) is 0.654. The monoisotopic (exact) mass is 212 g/mol. The van der Waals surface area contributed by atoms with Crippen LogP contribution in [0.2, 0.25) is 0 Å². The number of likely N-dealkylation sites (tertiary alicyclic amines) is 1. The van der Waals surface area contributed by atoms with Gasteiger partial charge in [0.15, 0.2) is 0 Å². The third-order valence-corrected chi connectivity index (χ3v) is 3.79. The van der Waals surface area contributed by atoms with Gasteiger partial charge in [-0.05, 0) is 13.5 Å². The molecule has 0 saturated carbocycles. The maximum atomic E-state index is 11.5. The van der Waals surface area contributed by atoms with Crippen molar-refractivity contribution in [3.8, 4) is 0 Å². The minimum atomic E-state index is -0.201. The summed E-state index contributed by atoms with van der Waals surface area (Å²) in [6, 6.07) is 0. The molecule has 15 heavy (non-hydrogen) atoms. The Morgan fingerprint density at radius 3 is 2.80 bits per heavy atom. The Labute approximate surface area is 91.2 Å². The highest BCUT2D eigenvalue weighted by Gasteiger charge is 2.50. The Balaban J connectivity index is 2.16. The lowest BCUT2D eigenvalue weighted by Gasteiger charge is -2.42. The number of piperidine rings is 1. The van der Waals surface area contributed by atoms with Gasteiger partial charge in [-0.2, -0.15) is 0 Å². The highest BCUT2D eigenvalue weighted by molar-refractivity contribution is 5.70. The minimum absolute atomic E-state index is 0.155. The second kappa shape index (κ2) is 3.67. The standard InChI is InChI=1S/C11H20N2O2/c1-4-9-7-12(2)6-5-11(9)8-13(3)10(14)15-11/h9H,4-8H2,1-3H3. The van der Waals surface area contributed by atoms with Gasteiger partial charge in [-0.1, -0.05) is 6.92 Å². The van der Waals surface area contributed by atoms with E-state index in [1.54, 1.807) is 4.90 Å². The van der Waals surface area contributed by atoms with E-state index >= 15 is 0 Å². The predicted octanol–water partition coefficient (Wildman–Crippen LogP) is 1.17. The van der Waals surface area contributed by atoms with Crippen LogP contribution in [0.4, 0.5) is 4.79 Å². The van der Waals surface area contributed by atoms with Crippen molar-refractivity contribution in [1.29, 1.82) is 0 Å². The van der Waals surface area contributed by atoms with Crippen molar-refractivity contribution in [1.82, 2.24) is 9.80 Å². The van der Waals surface area contributed by atoms with Crippen molar-refractivity contribution in [2.24, 2.45) is 5.92 Å². The lowest BCUT2D eigenvalue weighted by Crippen LogP contribution is -2.52. The second-order valence-electron chi connectivity index (χ2n) is 4.91. The van der Waals surface area contributed by atoms with Crippen LogP contribution in [0, 0.1) is 5.92 Å². The SMILES string of the molecule is CCC1CN(C)CCC12CN(C)C(=O)O2. The van der Waals surface area contributed by atoms with Crippen LogP contribution in [0.25, 0.3) is 0 Å². The zero-order chi connectivity index (χ0) is 11.1. The molecule has 0 N–H and O–H groups in total. The molecule has 4 heteroatoms. The molecule has 0 aromatic rings. The number of ether oxygens (including phenoxy) is 1. The van der Waals surface area contributed by atoms with Gasteiger partial charge in [-0.25, -0.2) is 4.79 Å². The van der Waals surface area contributed by atoms with E-state index in [4.69, 9.17) is 4.74 Å². The highest BCUT2D eigenvalue weighted by Crippen LogP contribution is 2.38. The van der Waals surface area contributed by atoms with Crippen LogP contribution in [-0.4, -0.2) is 55.2 Å². The number of hydrogen-bond donors (Lipinski definition) is 0. The third-order valence-electron chi connectivity index (χ3n) is 3.79. The summed E-state index contributed by atoms with van der Waals surface area (Å²) in [5.74, 6) is 0.477. The second-order valence-corrected chi connectivity index (χ2v) is 4.91. The molecule has 2 aliphatic rings. The molecule has 2 unspecified atom stereocenters. The number of rotatable bonds is 1. The first-order chi connectivity index (χ1) is 7.07. The van der Waals surface area contributed by atoms with Crippen molar-refractivity contribution in [3.05, 3.63) is 0 Å². The first-order valence-electron chi connectivity index (χ1n) is 5.70. The van der Waals surface area contributed by atoms with Gasteiger partial charge >= 0.3 is 6.09 Å². The van der Waals surface area contributed by atoms with Crippen LogP contribution in [0.15, 0.2) is 0 Å². The minimum Gasteiger partial charge on any atom is -0.441 e. The largest absolute Gasteiger partial charge is 0.441 e. The van der Waals surface area contributed by atoms with Gasteiger partial charge < -0.3 is 14.5 Å². The zero-order valence-corrected chi connectivity index (χ0v) is 9.82. The van der Waals surface area contributed by atoms with Crippen molar-refractivity contribution >= 4 is 6.09 Å². The molecule has 2 atom stereocenters. The Hall–Kier alpha value is -0.770. The molecular formula is C11H20N2O2. The maximum absolute atomic E-state index is 11.5. The molecule has 4 nitrogen and oxygen atoms in total. The maximum Gasteiger partial charge on any atom is 0.410 e. The van der Waals surface area contributed by atoms with Gasteiger partial charge in [0.1, 0.15) is 5.60 Å². The molecule has 2 fully saturated rings. The van der Waals surface area contributed by atoms with Crippen LogP contribution in [0.3, 0.4) is 0 Å². The summed E-state index contributed by atoms with van der Waals surface area (Å²) >= 11 is 0. The predicted molar refractivity (Wildman–Crippen MR) is 57.7 cm³/mol. The number of amides is 1. The fourth-order valence-corrected chi connectivity index (χ4v) is 2.81. The normalized spacial score (nSPS) is 37.4. The molecule has 0 radical (unpaired) electrons. The summed E-state index contributed by atoms with van der Waals surface area (Å²) in [6.07, 6.45) is 1.89. The molecule has 1 amide bonds. The van der Waals surface area contributed by atoms with Crippen molar-refractivity contribution in [3.63, 3.8) is 0 Å². The Morgan fingerprint density at radius 2 is 2.27 bits per heavy atom. The highest BCUT2D eigenvalue weighted by atomic mass is 16.6. The Kier molecular flexibility index (Phi) is 2.63. The molecule has 0 aliphatic carbocycles. The average Bonchev–Trinajstić information content (AvgIpc) is 2.48. The third kappa shape index (κ3) is 1.71. The van der Waals surface area contributed by atoms with Gasteiger partial charge in [0.05, 0.1) is 6.54 Å². The fourth-order valence-electron chi connectivity index (χ4n) is 2.81. The number of carbonyl (C=O) groups excluding carboxylic acids is 1. The number of likely N-dealkylation sites (N-methyl/N-ethyl adjacent to an activating group) is 1. The molecular weight excluding hydrogens is 192 g/mol. The molecule has 0 bridgehead atoms. The molecule has 2 saturated heterocycles. The first kappa shape index (κ1) is 10.7. The molecule has 1 spiro atoms. The van der Waals surface area contributed by atoms with Crippen LogP contribution < -0.4 is 0 Å². The zero-order valence-electron chi connectivity index (χ0n) is 9.82. The number of nitrogens with zero attached hydrogens (tertiary/aromatic N) is 2. The number of carbonyl (C=O) groups is 1. The van der Waals surface area contributed by atoms with E-state index < -0.39 is 0 Å². The molecule has 2 rings (SSSR count). The molecule has 0 aromatic heterocycles. The van der Waals surface area contributed by atoms with Gasteiger partial charge in [0.25, 0.3) is 0 Å². The summed E-state index contributed by atoms with van der Waals surface area (Å²) in [6.45, 7) is 5.01. The summed E-state index contributed by atoms with van der Waals surface area (Å²) < 4.78 is 5.61. The lowest BCUT2D eigenvalue weighted by atomic mass is 9.79. The number of hydrogen-bond acceptors (Lipinski definition) is 3. The van der Waals surface area contributed by atoms with Crippen LogP contribution in [0.1, 0.15) is 19.8 Å². The molecule has 2 heterocycles. The van der Waals surface area contributed by atoms with E-state index in [1.807, 2.05) is 7.05 Å². The van der Waals surface area contributed by atoms with E-state index in [0.29, 0.717) is 5.92 Å². The molecule has 0 aromatic carbocycles. The van der Waals surface area contributed by atoms with Gasteiger partial charge in [0.2, 0.25) is 0 Å². The van der Waals surface area contributed by atoms with Crippen LogP contribution in [0.5, 0.6) is 0 Å². The van der Waals surface area contributed by atoms with Crippen molar-refractivity contribution in [2.75, 3.05) is 33.7 Å². The van der Waals surface area contributed by atoms with Crippen molar-refractivity contribution < 1.29 is 9.53 Å². The van der Waals surface area contributed by atoms with E-state index in [9.17, 15) is 4.79 Å². The summed E-state index contributed by atoms with van der Waals surface area (Å²) in [5.41, 5.74) is -0.201.